The minimum atomic E-state index is -0.527. The molecule has 8 aromatic rings. The van der Waals surface area contributed by atoms with Gasteiger partial charge >= 0.3 is 11.9 Å². The van der Waals surface area contributed by atoms with Gasteiger partial charge in [-0.2, -0.15) is 0 Å². The fraction of sp³-hybridized carbons (Fsp3) is 0.0714. The van der Waals surface area contributed by atoms with E-state index in [1.807, 2.05) is 72.8 Å². The monoisotopic (exact) mass is 842 g/mol. The van der Waals surface area contributed by atoms with Crippen LogP contribution in [0.4, 0.5) is 0 Å². The molecule has 8 nitrogen and oxygen atoms in total. The van der Waals surface area contributed by atoms with Crippen molar-refractivity contribution in [3.05, 3.63) is 229 Å². The third-order valence-electron chi connectivity index (χ3n) is 10.8. The van der Waals surface area contributed by atoms with E-state index in [1.54, 1.807) is 72.8 Å². The van der Waals surface area contributed by atoms with Crippen molar-refractivity contribution in [2.45, 2.75) is 26.1 Å². The highest BCUT2D eigenvalue weighted by atomic mass is 16.5. The quantitative estimate of drug-likeness (QED) is 0.0386. The van der Waals surface area contributed by atoms with Crippen LogP contribution in [-0.4, -0.2) is 23.5 Å². The predicted molar refractivity (Wildman–Crippen MR) is 249 cm³/mol. The molecule has 0 N–H and O–H groups in total. The maximum absolute atomic E-state index is 14.1. The lowest BCUT2D eigenvalue weighted by Gasteiger charge is -2.19. The van der Waals surface area contributed by atoms with Crippen LogP contribution in [0.2, 0.25) is 0 Å². The zero-order valence-corrected chi connectivity index (χ0v) is 34.8. The van der Waals surface area contributed by atoms with E-state index in [9.17, 15) is 19.2 Å². The van der Waals surface area contributed by atoms with Gasteiger partial charge in [0.25, 0.3) is 0 Å². The molecule has 314 valence electrons. The van der Waals surface area contributed by atoms with Gasteiger partial charge in [-0.3, -0.25) is 9.59 Å². The van der Waals surface area contributed by atoms with Crippen molar-refractivity contribution in [2.24, 2.45) is 0 Å². The summed E-state index contributed by atoms with van der Waals surface area (Å²) in [6, 6.07) is 52.7. The van der Waals surface area contributed by atoms with Gasteiger partial charge in [0.05, 0.1) is 0 Å². The molecule has 0 saturated heterocycles. The van der Waals surface area contributed by atoms with Gasteiger partial charge in [-0.25, -0.2) is 9.59 Å². The van der Waals surface area contributed by atoms with E-state index in [-0.39, 0.29) is 37.6 Å². The van der Waals surface area contributed by atoms with Crippen molar-refractivity contribution in [3.8, 4) is 34.1 Å². The number of hydrogen-bond donors (Lipinski definition) is 0. The Kier molecular flexibility index (Phi) is 12.9. The summed E-state index contributed by atoms with van der Waals surface area (Å²) in [5.74, 6) is 0.876. The van der Waals surface area contributed by atoms with Crippen LogP contribution in [0.1, 0.15) is 43.0 Å². The van der Waals surface area contributed by atoms with Gasteiger partial charge in [0, 0.05) is 36.1 Å². The molecule has 0 spiro atoms. The second kappa shape index (κ2) is 19.6. The van der Waals surface area contributed by atoms with Gasteiger partial charge in [0.1, 0.15) is 36.2 Å². The lowest BCUT2D eigenvalue weighted by atomic mass is 9.84. The molecule has 0 amide bonds. The minimum Gasteiger partial charge on any atom is -0.489 e. The van der Waals surface area contributed by atoms with E-state index in [2.05, 4.69) is 37.4 Å². The molecule has 0 fully saturated rings. The smallest absolute Gasteiger partial charge is 0.335 e. The zero-order chi connectivity index (χ0) is 44.4. The van der Waals surface area contributed by atoms with E-state index < -0.39 is 11.9 Å². The van der Waals surface area contributed by atoms with Crippen LogP contribution in [0.15, 0.2) is 195 Å². The summed E-state index contributed by atoms with van der Waals surface area (Å²) in [4.78, 5) is 51.2. The molecule has 0 aliphatic rings. The van der Waals surface area contributed by atoms with Crippen molar-refractivity contribution >= 4 is 45.0 Å². The Bertz CT molecular complexity index is 2810. The molecule has 0 aliphatic heterocycles. The molecule has 8 aromatic carbocycles. The first-order valence-electron chi connectivity index (χ1n) is 20.6. The number of carbonyl (C=O) groups is 4. The number of rotatable bonds is 17. The minimum absolute atomic E-state index is 0.0565. The fourth-order valence-electron chi connectivity index (χ4n) is 7.50. The number of carbonyl (C=O) groups excluding carboxylic acids is 4. The Balaban J connectivity index is 1.01. The van der Waals surface area contributed by atoms with Gasteiger partial charge in [0.15, 0.2) is 11.6 Å². The van der Waals surface area contributed by atoms with Crippen molar-refractivity contribution in [1.82, 2.24) is 0 Å². The molecular formula is C56H42O8. The lowest BCUT2D eigenvalue weighted by Crippen LogP contribution is -2.08. The van der Waals surface area contributed by atoms with Crippen molar-refractivity contribution in [1.29, 1.82) is 0 Å². The van der Waals surface area contributed by atoms with Crippen molar-refractivity contribution in [2.75, 3.05) is 0 Å². The number of esters is 2. The Labute approximate surface area is 370 Å². The van der Waals surface area contributed by atoms with Gasteiger partial charge in [0.2, 0.25) is 0 Å². The predicted octanol–water partition coefficient (Wildman–Crippen LogP) is 11.9. The second-order valence-electron chi connectivity index (χ2n) is 15.0. The molecule has 0 atom stereocenters. The standard InChI is InChI=1S/C56H42O8/c1-3-53(59)63-47-25-13-37(14-26-47)35-61-45-29-21-41(22-30-45)51(57)33-43-19-17-39-9-5-7-11-49(39)55(43)56-44(20-18-40-10-6-8-12-50(40)56)34-52(58)42-23-31-46(32-24-42)62-36-38-15-27-48(28-16-38)64-54(60)4-2/h3-32H,1-2,33-36H2. The Hall–Kier alpha value is -8.36. The lowest BCUT2D eigenvalue weighted by molar-refractivity contribution is -0.129. The summed E-state index contributed by atoms with van der Waals surface area (Å²) in [7, 11) is 0. The summed E-state index contributed by atoms with van der Waals surface area (Å²) in [5.41, 5.74) is 6.41. The molecule has 8 heteroatoms. The topological polar surface area (TPSA) is 105 Å². The first kappa shape index (κ1) is 42.3. The van der Waals surface area contributed by atoms with Crippen LogP contribution < -0.4 is 18.9 Å². The first-order valence-corrected chi connectivity index (χ1v) is 20.6. The van der Waals surface area contributed by atoms with Crippen LogP contribution in [0.3, 0.4) is 0 Å². The molecule has 0 bridgehead atoms. The van der Waals surface area contributed by atoms with Gasteiger partial charge < -0.3 is 18.9 Å². The Morgan fingerprint density at radius 3 is 1.14 bits per heavy atom. The van der Waals surface area contributed by atoms with Gasteiger partial charge in [-0.05, 0) is 128 Å². The summed E-state index contributed by atoms with van der Waals surface area (Å²) >= 11 is 0. The third-order valence-corrected chi connectivity index (χ3v) is 10.8. The fourth-order valence-corrected chi connectivity index (χ4v) is 7.50. The summed E-state index contributed by atoms with van der Waals surface area (Å²) in [6.07, 6.45) is 2.48. The number of Topliss-reactive ketones (excluding diaryl/α,β-unsaturated/α-hetero) is 2. The average Bonchev–Trinajstić information content (AvgIpc) is 3.33. The number of fused-ring (bicyclic) bond motifs is 2. The van der Waals surface area contributed by atoms with Crippen LogP contribution >= 0.6 is 0 Å². The number of hydrogen-bond acceptors (Lipinski definition) is 8. The van der Waals surface area contributed by atoms with E-state index in [0.717, 1.165) is 67.1 Å². The van der Waals surface area contributed by atoms with Crippen LogP contribution in [-0.2, 0) is 35.6 Å². The largest absolute Gasteiger partial charge is 0.489 e. The molecule has 0 unspecified atom stereocenters. The van der Waals surface area contributed by atoms with Crippen LogP contribution in [0, 0.1) is 0 Å². The molecule has 0 radical (unpaired) electrons. The average molecular weight is 843 g/mol. The highest BCUT2D eigenvalue weighted by Gasteiger charge is 2.21. The summed E-state index contributed by atoms with van der Waals surface area (Å²) in [6.45, 7) is 7.40. The Morgan fingerprint density at radius 2 is 0.766 bits per heavy atom. The molecule has 0 saturated carbocycles. The van der Waals surface area contributed by atoms with E-state index in [0.29, 0.717) is 34.1 Å². The van der Waals surface area contributed by atoms with Crippen molar-refractivity contribution < 1.29 is 38.1 Å². The van der Waals surface area contributed by atoms with Crippen LogP contribution in [0.5, 0.6) is 23.0 Å². The van der Waals surface area contributed by atoms with Crippen molar-refractivity contribution in [3.63, 3.8) is 0 Å². The molecule has 0 aromatic heterocycles. The highest BCUT2D eigenvalue weighted by Crippen LogP contribution is 2.40. The van der Waals surface area contributed by atoms with Gasteiger partial charge in [-0.15, -0.1) is 0 Å². The maximum atomic E-state index is 14.1. The SMILES string of the molecule is C=CC(=O)Oc1ccc(COc2ccc(C(=O)Cc3ccc4ccccc4c3-c3c(CC(=O)c4ccc(OCc5ccc(OC(=O)C=C)cc5)cc4)ccc4ccccc34)cc2)cc1. The normalized spacial score (nSPS) is 10.8. The number of benzene rings is 8. The molecule has 0 aliphatic carbocycles. The summed E-state index contributed by atoms with van der Waals surface area (Å²) in [5, 5.41) is 4.02. The molecule has 64 heavy (non-hydrogen) atoms. The maximum Gasteiger partial charge on any atom is 0.335 e. The van der Waals surface area contributed by atoms with E-state index in [4.69, 9.17) is 18.9 Å². The highest BCUT2D eigenvalue weighted by molar-refractivity contribution is 6.11. The number of ether oxygens (including phenoxy) is 4. The Morgan fingerprint density at radius 1 is 0.406 bits per heavy atom. The third kappa shape index (κ3) is 10.0. The molecule has 8 rings (SSSR count). The summed E-state index contributed by atoms with van der Waals surface area (Å²) < 4.78 is 22.3. The van der Waals surface area contributed by atoms with Crippen LogP contribution in [0.25, 0.3) is 32.7 Å². The van der Waals surface area contributed by atoms with Gasteiger partial charge in [-0.1, -0.05) is 110 Å². The van der Waals surface area contributed by atoms with E-state index >= 15 is 0 Å². The molecule has 0 heterocycles. The first-order chi connectivity index (χ1) is 31.2. The second-order valence-corrected chi connectivity index (χ2v) is 15.0. The molecular weight excluding hydrogens is 801 g/mol. The van der Waals surface area contributed by atoms with E-state index in [1.165, 1.54) is 0 Å². The number of ketones is 2. The zero-order valence-electron chi connectivity index (χ0n) is 34.8.